The molecule has 5 heteroatoms. The summed E-state index contributed by atoms with van der Waals surface area (Å²) in [6, 6.07) is -0.193. The molecule has 98 valence electrons. The maximum absolute atomic E-state index is 12.2. The molecule has 2 unspecified atom stereocenters. The molecule has 17 heavy (non-hydrogen) atoms. The highest BCUT2D eigenvalue weighted by molar-refractivity contribution is 5.82. The third-order valence-electron chi connectivity index (χ3n) is 3.48. The third kappa shape index (κ3) is 3.40. The van der Waals surface area contributed by atoms with Crippen molar-refractivity contribution in [3.8, 4) is 0 Å². The maximum Gasteiger partial charge on any atom is 0.242 e. The summed E-state index contributed by atoms with van der Waals surface area (Å²) in [6.07, 6.45) is 2.27. The lowest BCUT2D eigenvalue weighted by molar-refractivity contribution is -0.133. The van der Waals surface area contributed by atoms with Gasteiger partial charge in [-0.2, -0.15) is 0 Å². The summed E-state index contributed by atoms with van der Waals surface area (Å²) in [5.41, 5.74) is 0. The van der Waals surface area contributed by atoms with Crippen molar-refractivity contribution in [1.29, 1.82) is 0 Å². The zero-order valence-electron chi connectivity index (χ0n) is 10.5. The first-order chi connectivity index (χ1) is 8.31. The van der Waals surface area contributed by atoms with E-state index in [1.54, 1.807) is 7.05 Å². The largest absolute Gasteiger partial charge is 0.381 e. The minimum absolute atomic E-state index is 0.163. The first kappa shape index (κ1) is 12.8. The second kappa shape index (κ2) is 6.33. The summed E-state index contributed by atoms with van der Waals surface area (Å²) in [7, 11) is 1.80. The molecule has 0 aromatic rings. The molecule has 2 aliphatic heterocycles. The van der Waals surface area contributed by atoms with E-state index in [2.05, 4.69) is 5.32 Å². The highest BCUT2D eigenvalue weighted by Gasteiger charge is 2.28. The number of hydrogen-bond donors (Lipinski definition) is 1. The van der Waals surface area contributed by atoms with Crippen LogP contribution in [0.3, 0.4) is 0 Å². The summed E-state index contributed by atoms with van der Waals surface area (Å²) < 4.78 is 10.9. The van der Waals surface area contributed by atoms with Crippen LogP contribution in [0.4, 0.5) is 0 Å². The lowest BCUT2D eigenvalue weighted by Crippen LogP contribution is -2.48. The number of carbonyl (C=O) groups is 1. The molecule has 0 aromatic heterocycles. The highest BCUT2D eigenvalue weighted by atomic mass is 16.5. The van der Waals surface area contributed by atoms with Crippen molar-refractivity contribution >= 4 is 5.91 Å². The van der Waals surface area contributed by atoms with Crippen LogP contribution in [-0.4, -0.2) is 63.4 Å². The normalized spacial score (nSPS) is 31.4. The van der Waals surface area contributed by atoms with Crippen LogP contribution >= 0.6 is 0 Å². The predicted octanol–water partition coefficient (Wildman–Crippen LogP) is -0.140. The van der Waals surface area contributed by atoms with Gasteiger partial charge in [0.25, 0.3) is 0 Å². The van der Waals surface area contributed by atoms with Gasteiger partial charge in [0.2, 0.25) is 5.91 Å². The number of nitrogens with one attached hydrogen (secondary N) is 1. The van der Waals surface area contributed by atoms with E-state index < -0.39 is 0 Å². The quantitative estimate of drug-likeness (QED) is 0.748. The number of ether oxygens (including phenoxy) is 2. The van der Waals surface area contributed by atoms with Gasteiger partial charge < -0.3 is 19.7 Å². The van der Waals surface area contributed by atoms with Crippen LogP contribution in [0, 0.1) is 5.92 Å². The SMILES string of the molecule is CNC1COCCN(CC2CCCOC2)C1=O. The molecule has 2 rings (SSSR count). The van der Waals surface area contributed by atoms with Crippen molar-refractivity contribution < 1.29 is 14.3 Å². The van der Waals surface area contributed by atoms with E-state index >= 15 is 0 Å². The van der Waals surface area contributed by atoms with E-state index in [-0.39, 0.29) is 11.9 Å². The van der Waals surface area contributed by atoms with Crippen molar-refractivity contribution in [1.82, 2.24) is 10.2 Å². The maximum atomic E-state index is 12.2. The molecule has 0 aromatic carbocycles. The number of nitrogens with zero attached hydrogens (tertiary/aromatic N) is 1. The molecule has 2 heterocycles. The Labute approximate surface area is 102 Å². The molecule has 0 radical (unpaired) electrons. The number of carbonyl (C=O) groups excluding carboxylic acids is 1. The second-order valence-corrected chi connectivity index (χ2v) is 4.78. The Bertz CT molecular complexity index is 254. The van der Waals surface area contributed by atoms with Gasteiger partial charge >= 0.3 is 0 Å². The highest BCUT2D eigenvalue weighted by Crippen LogP contribution is 2.16. The molecule has 1 amide bonds. The monoisotopic (exact) mass is 242 g/mol. The van der Waals surface area contributed by atoms with Gasteiger partial charge in [0.05, 0.1) is 19.8 Å². The molecule has 2 atom stereocenters. The standard InChI is InChI=1S/C12H22N2O3/c1-13-11-9-17-6-4-14(12(11)15)7-10-3-2-5-16-8-10/h10-11,13H,2-9H2,1H3. The second-order valence-electron chi connectivity index (χ2n) is 4.78. The van der Waals surface area contributed by atoms with Gasteiger partial charge in [0.1, 0.15) is 6.04 Å². The van der Waals surface area contributed by atoms with Crippen LogP contribution < -0.4 is 5.32 Å². The zero-order valence-corrected chi connectivity index (χ0v) is 10.5. The molecule has 2 fully saturated rings. The molecule has 0 saturated carbocycles. The van der Waals surface area contributed by atoms with Gasteiger partial charge in [0, 0.05) is 19.7 Å². The summed E-state index contributed by atoms with van der Waals surface area (Å²) >= 11 is 0. The molecule has 0 spiro atoms. The summed E-state index contributed by atoms with van der Waals surface area (Å²) in [6.45, 7) is 4.28. The first-order valence-corrected chi connectivity index (χ1v) is 6.43. The summed E-state index contributed by atoms with van der Waals surface area (Å²) in [5, 5.41) is 3.01. The van der Waals surface area contributed by atoms with Crippen LogP contribution in [0.1, 0.15) is 12.8 Å². The van der Waals surface area contributed by atoms with Gasteiger partial charge in [-0.15, -0.1) is 0 Å². The van der Waals surface area contributed by atoms with Crippen LogP contribution in [0.25, 0.3) is 0 Å². The number of hydrogen-bond acceptors (Lipinski definition) is 4. The lowest BCUT2D eigenvalue weighted by atomic mass is 10.0. The van der Waals surface area contributed by atoms with E-state index in [9.17, 15) is 4.79 Å². The molecule has 2 aliphatic rings. The predicted molar refractivity (Wildman–Crippen MR) is 63.8 cm³/mol. The fourth-order valence-electron chi connectivity index (χ4n) is 2.43. The molecule has 0 bridgehead atoms. The van der Waals surface area contributed by atoms with Crippen molar-refractivity contribution in [3.63, 3.8) is 0 Å². The minimum Gasteiger partial charge on any atom is -0.381 e. The van der Waals surface area contributed by atoms with Gasteiger partial charge in [-0.1, -0.05) is 0 Å². The first-order valence-electron chi connectivity index (χ1n) is 6.43. The van der Waals surface area contributed by atoms with Crippen LogP contribution in [0.5, 0.6) is 0 Å². The summed E-state index contributed by atoms with van der Waals surface area (Å²) in [5.74, 6) is 0.652. The van der Waals surface area contributed by atoms with Gasteiger partial charge in [0.15, 0.2) is 0 Å². The number of amides is 1. The molecule has 5 nitrogen and oxygen atoms in total. The fourth-order valence-corrected chi connectivity index (χ4v) is 2.43. The van der Waals surface area contributed by atoms with Crippen molar-refractivity contribution in [2.24, 2.45) is 5.92 Å². The average molecular weight is 242 g/mol. The van der Waals surface area contributed by atoms with Crippen molar-refractivity contribution in [2.45, 2.75) is 18.9 Å². The van der Waals surface area contributed by atoms with E-state index in [1.807, 2.05) is 4.90 Å². The molecule has 0 aliphatic carbocycles. The smallest absolute Gasteiger partial charge is 0.242 e. The van der Waals surface area contributed by atoms with Gasteiger partial charge in [-0.05, 0) is 25.8 Å². The lowest BCUT2D eigenvalue weighted by Gasteiger charge is -2.30. The van der Waals surface area contributed by atoms with E-state index in [0.29, 0.717) is 25.7 Å². The summed E-state index contributed by atoms with van der Waals surface area (Å²) in [4.78, 5) is 14.1. The zero-order chi connectivity index (χ0) is 12.1. The Morgan fingerprint density at radius 2 is 2.18 bits per heavy atom. The Morgan fingerprint density at radius 3 is 2.88 bits per heavy atom. The van der Waals surface area contributed by atoms with Gasteiger partial charge in [-0.25, -0.2) is 0 Å². The van der Waals surface area contributed by atoms with Gasteiger partial charge in [-0.3, -0.25) is 4.79 Å². The Kier molecular flexibility index (Phi) is 4.76. The van der Waals surface area contributed by atoms with E-state index in [0.717, 1.165) is 32.6 Å². The van der Waals surface area contributed by atoms with Crippen LogP contribution in [0.2, 0.25) is 0 Å². The Hall–Kier alpha value is -0.650. The third-order valence-corrected chi connectivity index (χ3v) is 3.48. The molecule has 1 N–H and O–H groups in total. The van der Waals surface area contributed by atoms with Crippen molar-refractivity contribution in [3.05, 3.63) is 0 Å². The Morgan fingerprint density at radius 1 is 1.35 bits per heavy atom. The van der Waals surface area contributed by atoms with Crippen molar-refractivity contribution in [2.75, 3.05) is 46.6 Å². The topological polar surface area (TPSA) is 50.8 Å². The fraction of sp³-hybridized carbons (Fsp3) is 0.917. The molecule has 2 saturated heterocycles. The van der Waals surface area contributed by atoms with E-state index in [1.165, 1.54) is 0 Å². The molecular formula is C12H22N2O3. The van der Waals surface area contributed by atoms with E-state index in [4.69, 9.17) is 9.47 Å². The average Bonchev–Trinajstić information content (AvgIpc) is 2.54. The number of rotatable bonds is 3. The molecular weight excluding hydrogens is 220 g/mol. The minimum atomic E-state index is -0.193. The van der Waals surface area contributed by atoms with Crippen LogP contribution in [-0.2, 0) is 14.3 Å². The van der Waals surface area contributed by atoms with Crippen LogP contribution in [0.15, 0.2) is 0 Å². The number of likely N-dealkylation sites (N-methyl/N-ethyl adjacent to an activating group) is 1. The Balaban J connectivity index is 1.90.